The number of carbonyl (C=O) groups excluding carboxylic acids is 1. The highest BCUT2D eigenvalue weighted by Gasteiger charge is 2.30. The van der Waals surface area contributed by atoms with Crippen molar-refractivity contribution in [2.75, 3.05) is 18.5 Å². The van der Waals surface area contributed by atoms with Crippen LogP contribution in [0.2, 0.25) is 0 Å². The molecule has 25 heavy (non-hydrogen) atoms. The molecule has 0 saturated carbocycles. The SMILES string of the molecule is CCOCC(=O)c1cc2[nH]cnc2c(F)c1NC1(Cl)C=CC(Br)=CC1. The molecular formula is C17H16BrClFN3O2. The highest BCUT2D eigenvalue weighted by molar-refractivity contribution is 9.11. The van der Waals surface area contributed by atoms with E-state index in [4.69, 9.17) is 16.3 Å². The summed E-state index contributed by atoms with van der Waals surface area (Å²) in [6, 6.07) is 1.56. The van der Waals surface area contributed by atoms with Gasteiger partial charge in [0.25, 0.3) is 0 Å². The number of aromatic nitrogens is 2. The summed E-state index contributed by atoms with van der Waals surface area (Å²) in [5, 5.41) is 2.96. The van der Waals surface area contributed by atoms with Crippen molar-refractivity contribution >= 4 is 50.0 Å². The van der Waals surface area contributed by atoms with Crippen LogP contribution in [-0.4, -0.2) is 34.0 Å². The number of benzene rings is 1. The van der Waals surface area contributed by atoms with Crippen LogP contribution in [0, 0.1) is 5.82 Å². The van der Waals surface area contributed by atoms with Crippen LogP contribution < -0.4 is 5.32 Å². The molecule has 132 valence electrons. The van der Waals surface area contributed by atoms with Gasteiger partial charge in [0.15, 0.2) is 11.6 Å². The van der Waals surface area contributed by atoms with E-state index in [1.165, 1.54) is 6.33 Å². The molecule has 1 aliphatic rings. The van der Waals surface area contributed by atoms with E-state index >= 15 is 4.39 Å². The van der Waals surface area contributed by atoms with E-state index in [-0.39, 0.29) is 29.2 Å². The molecule has 0 bridgehead atoms. The molecular weight excluding hydrogens is 413 g/mol. The van der Waals surface area contributed by atoms with Gasteiger partial charge in [-0.05, 0) is 25.1 Å². The average molecular weight is 429 g/mol. The van der Waals surface area contributed by atoms with Gasteiger partial charge >= 0.3 is 0 Å². The van der Waals surface area contributed by atoms with Gasteiger partial charge in [-0.3, -0.25) is 4.79 Å². The lowest BCUT2D eigenvalue weighted by Gasteiger charge is -2.28. The number of fused-ring (bicyclic) bond motifs is 1. The number of H-pyrrole nitrogens is 1. The molecule has 0 amide bonds. The maximum Gasteiger partial charge on any atom is 0.190 e. The fourth-order valence-corrected chi connectivity index (χ4v) is 3.08. The minimum atomic E-state index is -1.04. The van der Waals surface area contributed by atoms with Gasteiger partial charge in [-0.2, -0.15) is 0 Å². The molecule has 0 spiro atoms. The van der Waals surface area contributed by atoms with Crippen molar-refractivity contribution in [1.29, 1.82) is 0 Å². The zero-order valence-electron chi connectivity index (χ0n) is 13.4. The standard InChI is InChI=1S/C17H16BrClFN3O2/c1-2-25-8-13(24)11-7-12-16(22-9-21-12)14(20)15(11)23-17(19)5-3-10(18)4-6-17/h3-5,7,9,23H,2,6,8H2,1H3,(H,21,22). The molecule has 1 aromatic heterocycles. The molecule has 0 aliphatic heterocycles. The maximum atomic E-state index is 15.0. The Balaban J connectivity index is 2.04. The van der Waals surface area contributed by atoms with E-state index in [0.717, 1.165) is 4.48 Å². The van der Waals surface area contributed by atoms with Crippen LogP contribution in [0.15, 0.2) is 35.1 Å². The van der Waals surface area contributed by atoms with Crippen molar-refractivity contribution in [3.8, 4) is 0 Å². The van der Waals surface area contributed by atoms with E-state index < -0.39 is 10.8 Å². The number of halogens is 3. The Morgan fingerprint density at radius 1 is 1.60 bits per heavy atom. The van der Waals surface area contributed by atoms with Crippen LogP contribution in [0.1, 0.15) is 23.7 Å². The molecule has 5 nitrogen and oxygen atoms in total. The lowest BCUT2D eigenvalue weighted by molar-refractivity contribution is 0.0784. The van der Waals surface area contributed by atoms with Crippen LogP contribution in [0.25, 0.3) is 11.0 Å². The zero-order chi connectivity index (χ0) is 18.0. The topological polar surface area (TPSA) is 67.0 Å². The first-order valence-corrected chi connectivity index (χ1v) is 8.89. The predicted molar refractivity (Wildman–Crippen MR) is 99.8 cm³/mol. The van der Waals surface area contributed by atoms with Gasteiger partial charge in [-0.15, -0.1) is 0 Å². The Kier molecular flexibility index (Phi) is 5.27. The third kappa shape index (κ3) is 3.78. The first kappa shape index (κ1) is 18.1. The Morgan fingerprint density at radius 2 is 2.40 bits per heavy atom. The first-order chi connectivity index (χ1) is 11.9. The van der Waals surface area contributed by atoms with Crippen LogP contribution >= 0.6 is 27.5 Å². The highest BCUT2D eigenvalue weighted by Crippen LogP contribution is 2.35. The number of anilines is 1. The van der Waals surface area contributed by atoms with Gasteiger partial charge in [0, 0.05) is 23.1 Å². The summed E-state index contributed by atoms with van der Waals surface area (Å²) in [7, 11) is 0. The molecule has 1 aliphatic carbocycles. The summed E-state index contributed by atoms with van der Waals surface area (Å²) in [6.07, 6.45) is 7.15. The highest BCUT2D eigenvalue weighted by atomic mass is 79.9. The monoisotopic (exact) mass is 427 g/mol. The molecule has 1 unspecified atom stereocenters. The first-order valence-electron chi connectivity index (χ1n) is 7.72. The Labute approximate surface area is 157 Å². The summed E-state index contributed by atoms with van der Waals surface area (Å²) in [5.41, 5.74) is 0.778. The number of nitrogens with one attached hydrogen (secondary N) is 2. The van der Waals surface area contributed by atoms with Crippen LogP contribution in [-0.2, 0) is 4.74 Å². The number of carbonyl (C=O) groups is 1. The number of ketones is 1. The quantitative estimate of drug-likeness (QED) is 0.404. The number of hydrogen-bond donors (Lipinski definition) is 2. The second-order valence-electron chi connectivity index (χ2n) is 5.59. The molecule has 3 rings (SSSR count). The van der Waals surface area contributed by atoms with Gasteiger partial charge < -0.3 is 15.0 Å². The number of alkyl halides is 1. The summed E-state index contributed by atoms with van der Waals surface area (Å²) < 4.78 is 21.1. The summed E-state index contributed by atoms with van der Waals surface area (Å²) >= 11 is 9.91. The van der Waals surface area contributed by atoms with Crippen molar-refractivity contribution < 1.29 is 13.9 Å². The number of aromatic amines is 1. The molecule has 0 radical (unpaired) electrons. The van der Waals surface area contributed by atoms with Gasteiger partial charge in [0.2, 0.25) is 0 Å². The number of hydrogen-bond acceptors (Lipinski definition) is 4. The molecule has 0 fully saturated rings. The van der Waals surface area contributed by atoms with Gasteiger partial charge in [0.05, 0.1) is 17.5 Å². The van der Waals surface area contributed by atoms with Crippen LogP contribution in [0.5, 0.6) is 0 Å². The van der Waals surface area contributed by atoms with Crippen molar-refractivity contribution in [1.82, 2.24) is 9.97 Å². The average Bonchev–Trinajstić information content (AvgIpc) is 3.07. The van der Waals surface area contributed by atoms with E-state index in [1.807, 2.05) is 6.08 Å². The van der Waals surface area contributed by atoms with E-state index in [2.05, 4.69) is 31.2 Å². The molecule has 2 N–H and O–H groups in total. The number of nitrogens with zero attached hydrogens (tertiary/aromatic N) is 1. The molecule has 2 aromatic rings. The number of imidazole rings is 1. The number of Topliss-reactive ketones (excluding diaryl/α,β-unsaturated/α-hetero) is 1. The zero-order valence-corrected chi connectivity index (χ0v) is 15.7. The Morgan fingerprint density at radius 3 is 3.08 bits per heavy atom. The van der Waals surface area contributed by atoms with Crippen LogP contribution in [0.4, 0.5) is 10.1 Å². The third-order valence-electron chi connectivity index (χ3n) is 3.83. The molecule has 0 saturated heterocycles. The number of allylic oxidation sites excluding steroid dienone is 2. The van der Waals surface area contributed by atoms with Crippen LogP contribution in [0.3, 0.4) is 0 Å². The smallest absolute Gasteiger partial charge is 0.190 e. The van der Waals surface area contributed by atoms with Crippen molar-refractivity contribution in [2.45, 2.75) is 18.3 Å². The fourth-order valence-electron chi connectivity index (χ4n) is 2.55. The predicted octanol–water partition coefficient (Wildman–Crippen LogP) is 4.51. The van der Waals surface area contributed by atoms with E-state index in [1.54, 1.807) is 25.1 Å². The van der Waals surface area contributed by atoms with Crippen molar-refractivity contribution in [3.05, 3.63) is 46.5 Å². The summed E-state index contributed by atoms with van der Waals surface area (Å²) in [6.45, 7) is 2.04. The normalized spacial score (nSPS) is 19.9. The van der Waals surface area contributed by atoms with Crippen molar-refractivity contribution in [3.63, 3.8) is 0 Å². The lowest BCUT2D eigenvalue weighted by atomic mass is 10.0. The van der Waals surface area contributed by atoms with Crippen molar-refractivity contribution in [2.24, 2.45) is 0 Å². The van der Waals surface area contributed by atoms with Gasteiger partial charge in [-0.25, -0.2) is 9.37 Å². The molecule has 1 heterocycles. The molecule has 8 heteroatoms. The van der Waals surface area contributed by atoms with E-state index in [0.29, 0.717) is 18.5 Å². The number of ether oxygens (including phenoxy) is 1. The summed E-state index contributed by atoms with van der Waals surface area (Å²) in [5.74, 6) is -0.961. The molecule has 1 aromatic carbocycles. The second kappa shape index (κ2) is 7.27. The Hall–Kier alpha value is -1.70. The summed E-state index contributed by atoms with van der Waals surface area (Å²) in [4.78, 5) is 18.3. The van der Waals surface area contributed by atoms with Gasteiger partial charge in [0.1, 0.15) is 17.1 Å². The molecule has 1 atom stereocenters. The third-order valence-corrected chi connectivity index (χ3v) is 4.79. The largest absolute Gasteiger partial charge is 0.374 e. The maximum absolute atomic E-state index is 15.0. The number of rotatable bonds is 6. The minimum absolute atomic E-state index is 0.0235. The Bertz CT molecular complexity index is 880. The second-order valence-corrected chi connectivity index (χ2v) is 7.18. The van der Waals surface area contributed by atoms with E-state index in [9.17, 15) is 4.79 Å². The fraction of sp³-hybridized carbons (Fsp3) is 0.294. The lowest BCUT2D eigenvalue weighted by Crippen LogP contribution is -2.31. The van der Waals surface area contributed by atoms with Gasteiger partial charge in [-0.1, -0.05) is 33.6 Å². The minimum Gasteiger partial charge on any atom is -0.374 e.